The molecular formula is C27H30N4O4S. The van der Waals surface area contributed by atoms with E-state index in [1.807, 2.05) is 50.2 Å². The van der Waals surface area contributed by atoms with Crippen molar-refractivity contribution in [1.82, 2.24) is 19.8 Å². The first-order valence-electron chi connectivity index (χ1n) is 11.8. The van der Waals surface area contributed by atoms with Gasteiger partial charge in [0.05, 0.1) is 43.2 Å². The summed E-state index contributed by atoms with van der Waals surface area (Å²) >= 11 is 5.75. The van der Waals surface area contributed by atoms with Crippen molar-refractivity contribution < 1.29 is 19.1 Å². The van der Waals surface area contributed by atoms with E-state index in [0.717, 1.165) is 28.3 Å². The zero-order chi connectivity index (χ0) is 25.8. The molecule has 0 bridgehead atoms. The van der Waals surface area contributed by atoms with Gasteiger partial charge in [-0.3, -0.25) is 9.78 Å². The fourth-order valence-corrected chi connectivity index (χ4v) is 5.22. The van der Waals surface area contributed by atoms with Gasteiger partial charge in [-0.25, -0.2) is 4.79 Å². The first kappa shape index (κ1) is 25.4. The van der Waals surface area contributed by atoms with Gasteiger partial charge in [0.2, 0.25) is 0 Å². The summed E-state index contributed by atoms with van der Waals surface area (Å²) in [6.45, 7) is 4.64. The number of pyridine rings is 1. The Labute approximate surface area is 216 Å². The van der Waals surface area contributed by atoms with Gasteiger partial charge in [-0.05, 0) is 68.4 Å². The van der Waals surface area contributed by atoms with E-state index < -0.39 is 0 Å². The number of nitrogens with one attached hydrogen (secondary N) is 1. The molecule has 0 amide bonds. The van der Waals surface area contributed by atoms with Gasteiger partial charge >= 0.3 is 11.9 Å². The fraction of sp³-hybridized carbons (Fsp3) is 0.333. The molecule has 1 aliphatic heterocycles. The Balaban J connectivity index is 1.79. The molecule has 3 heterocycles. The normalized spacial score (nSPS) is 17.1. The lowest BCUT2D eigenvalue weighted by atomic mass is 9.96. The predicted molar refractivity (Wildman–Crippen MR) is 140 cm³/mol. The lowest BCUT2D eigenvalue weighted by molar-refractivity contribution is -0.140. The smallest absolute Gasteiger partial charge is 0.339 e. The highest BCUT2D eigenvalue weighted by Gasteiger charge is 2.41. The largest absolute Gasteiger partial charge is 0.469 e. The van der Waals surface area contributed by atoms with Crippen LogP contribution in [0.3, 0.4) is 0 Å². The van der Waals surface area contributed by atoms with Crippen molar-refractivity contribution >= 4 is 29.3 Å². The van der Waals surface area contributed by atoms with Crippen LogP contribution in [0.1, 0.15) is 57.9 Å². The van der Waals surface area contributed by atoms with E-state index in [-0.39, 0.29) is 24.0 Å². The van der Waals surface area contributed by atoms with Crippen molar-refractivity contribution in [3.05, 3.63) is 82.9 Å². The van der Waals surface area contributed by atoms with Crippen LogP contribution in [0.5, 0.6) is 0 Å². The van der Waals surface area contributed by atoms with Crippen molar-refractivity contribution in [3.8, 4) is 5.69 Å². The molecule has 0 radical (unpaired) electrons. The summed E-state index contributed by atoms with van der Waals surface area (Å²) in [6.07, 6.45) is 2.68. The second-order valence-electron chi connectivity index (χ2n) is 8.67. The van der Waals surface area contributed by atoms with E-state index in [1.165, 1.54) is 14.2 Å². The maximum absolute atomic E-state index is 12.5. The molecule has 0 aliphatic carbocycles. The molecular weight excluding hydrogens is 476 g/mol. The highest BCUT2D eigenvalue weighted by Crippen LogP contribution is 2.41. The molecule has 1 N–H and O–H groups in total. The van der Waals surface area contributed by atoms with Crippen LogP contribution in [0.2, 0.25) is 0 Å². The molecule has 1 aliphatic rings. The van der Waals surface area contributed by atoms with E-state index in [4.69, 9.17) is 21.7 Å². The van der Waals surface area contributed by atoms with Crippen LogP contribution < -0.4 is 5.32 Å². The average molecular weight is 507 g/mol. The number of aryl methyl sites for hydroxylation is 1. The Morgan fingerprint density at radius 1 is 1.08 bits per heavy atom. The molecule has 4 rings (SSSR count). The summed E-state index contributed by atoms with van der Waals surface area (Å²) in [7, 11) is 2.78. The monoisotopic (exact) mass is 506 g/mol. The number of carbonyl (C=O) groups is 2. The lowest BCUT2D eigenvalue weighted by Gasteiger charge is -2.28. The standard InChI is InChI=1S/C27H30N4O4S/c1-17-16-20(18(2)31(17)22-12-6-5-10-19(22)26(33)35-4)25-24(21-11-7-8-14-28-21)29-27(36)30(25)15-9-13-23(32)34-3/h5-8,10-12,14,16,24-25H,9,13,15H2,1-4H3,(H,29,36)/t24-,25+/m0/s1. The van der Waals surface area contributed by atoms with Gasteiger partial charge in [0.1, 0.15) is 0 Å². The zero-order valence-electron chi connectivity index (χ0n) is 20.9. The van der Waals surface area contributed by atoms with Crippen molar-refractivity contribution in [2.24, 2.45) is 0 Å². The van der Waals surface area contributed by atoms with Crippen molar-refractivity contribution in [1.29, 1.82) is 0 Å². The number of hydrogen-bond acceptors (Lipinski definition) is 6. The molecule has 0 spiro atoms. The summed E-state index contributed by atoms with van der Waals surface area (Å²) in [5, 5.41) is 4.06. The third-order valence-corrected chi connectivity index (χ3v) is 6.90. The van der Waals surface area contributed by atoms with Crippen LogP contribution in [0.15, 0.2) is 54.7 Å². The minimum absolute atomic E-state index is 0.157. The first-order valence-corrected chi connectivity index (χ1v) is 12.2. The van der Waals surface area contributed by atoms with Crippen molar-refractivity contribution in [3.63, 3.8) is 0 Å². The second kappa shape index (κ2) is 10.9. The van der Waals surface area contributed by atoms with Crippen LogP contribution >= 0.6 is 12.2 Å². The fourth-order valence-electron chi connectivity index (χ4n) is 4.89. The summed E-state index contributed by atoms with van der Waals surface area (Å²) in [6, 6.07) is 15.0. The van der Waals surface area contributed by atoms with E-state index in [2.05, 4.69) is 25.8 Å². The van der Waals surface area contributed by atoms with Crippen LogP contribution in [0, 0.1) is 13.8 Å². The molecule has 0 saturated carbocycles. The number of carbonyl (C=O) groups excluding carboxylic acids is 2. The lowest BCUT2D eigenvalue weighted by Crippen LogP contribution is -2.31. The Kier molecular flexibility index (Phi) is 7.69. The molecule has 36 heavy (non-hydrogen) atoms. The SMILES string of the molecule is COC(=O)CCCN1C(=S)N[C@@H](c2ccccn2)[C@H]1c1cc(C)n(-c2ccccc2C(=O)OC)c1C. The van der Waals surface area contributed by atoms with E-state index in [1.54, 1.807) is 12.3 Å². The molecule has 0 unspecified atom stereocenters. The summed E-state index contributed by atoms with van der Waals surface area (Å²) < 4.78 is 11.9. The Morgan fingerprint density at radius 3 is 2.53 bits per heavy atom. The van der Waals surface area contributed by atoms with Gasteiger partial charge in [-0.1, -0.05) is 18.2 Å². The van der Waals surface area contributed by atoms with Crippen LogP contribution in [-0.2, 0) is 14.3 Å². The number of benzene rings is 1. The van der Waals surface area contributed by atoms with Gasteiger partial charge in [0, 0.05) is 30.6 Å². The summed E-state index contributed by atoms with van der Waals surface area (Å²) in [4.78, 5) is 31.0. The molecule has 1 fully saturated rings. The quantitative estimate of drug-likeness (QED) is 0.359. The van der Waals surface area contributed by atoms with Crippen LogP contribution in [0.4, 0.5) is 0 Å². The number of nitrogens with zero attached hydrogens (tertiary/aromatic N) is 3. The number of esters is 2. The van der Waals surface area contributed by atoms with Gasteiger partial charge in [-0.2, -0.15) is 0 Å². The average Bonchev–Trinajstić information content (AvgIpc) is 3.38. The molecule has 2 atom stereocenters. The third-order valence-electron chi connectivity index (χ3n) is 6.54. The van der Waals surface area contributed by atoms with Crippen LogP contribution in [0.25, 0.3) is 5.69 Å². The molecule has 8 nitrogen and oxygen atoms in total. The first-order chi connectivity index (χ1) is 17.4. The Bertz CT molecular complexity index is 1270. The van der Waals surface area contributed by atoms with Crippen LogP contribution in [-0.4, -0.2) is 52.3 Å². The summed E-state index contributed by atoms with van der Waals surface area (Å²) in [5.74, 6) is -0.636. The minimum Gasteiger partial charge on any atom is -0.469 e. The predicted octanol–water partition coefficient (Wildman–Crippen LogP) is 4.20. The van der Waals surface area contributed by atoms with Gasteiger partial charge < -0.3 is 24.3 Å². The number of para-hydroxylation sites is 1. The number of rotatable bonds is 8. The van der Waals surface area contributed by atoms with E-state index in [0.29, 0.717) is 30.1 Å². The van der Waals surface area contributed by atoms with Gasteiger partial charge in [0.25, 0.3) is 0 Å². The number of ether oxygens (including phenoxy) is 2. The molecule has 9 heteroatoms. The zero-order valence-corrected chi connectivity index (χ0v) is 21.7. The molecule has 1 saturated heterocycles. The van der Waals surface area contributed by atoms with Crippen molar-refractivity contribution in [2.45, 2.75) is 38.8 Å². The van der Waals surface area contributed by atoms with E-state index in [9.17, 15) is 9.59 Å². The molecule has 2 aromatic heterocycles. The highest BCUT2D eigenvalue weighted by atomic mass is 32.1. The van der Waals surface area contributed by atoms with Gasteiger partial charge in [0.15, 0.2) is 5.11 Å². The molecule has 1 aromatic carbocycles. The van der Waals surface area contributed by atoms with Crippen molar-refractivity contribution in [2.75, 3.05) is 20.8 Å². The number of methoxy groups -OCH3 is 2. The molecule has 188 valence electrons. The number of aromatic nitrogens is 2. The maximum Gasteiger partial charge on any atom is 0.339 e. The number of hydrogen-bond donors (Lipinski definition) is 1. The van der Waals surface area contributed by atoms with E-state index >= 15 is 0 Å². The van der Waals surface area contributed by atoms with Gasteiger partial charge in [-0.15, -0.1) is 0 Å². The minimum atomic E-state index is -0.390. The summed E-state index contributed by atoms with van der Waals surface area (Å²) in [5.41, 5.74) is 5.15. The maximum atomic E-state index is 12.5. The second-order valence-corrected chi connectivity index (χ2v) is 9.06. The Morgan fingerprint density at radius 2 is 1.83 bits per heavy atom. The number of thiocarbonyl (C=S) groups is 1. The highest BCUT2D eigenvalue weighted by molar-refractivity contribution is 7.80. The Hall–Kier alpha value is -3.72. The molecule has 3 aromatic rings. The third kappa shape index (κ3) is 4.83. The topological polar surface area (TPSA) is 85.7 Å².